The van der Waals surface area contributed by atoms with Crippen molar-refractivity contribution in [2.45, 2.75) is 65.3 Å². The Labute approximate surface area is 235 Å². The van der Waals surface area contributed by atoms with Gasteiger partial charge in [-0.2, -0.15) is 0 Å². The molecule has 0 aliphatic rings. The lowest BCUT2D eigenvalue weighted by atomic mass is 9.95. The van der Waals surface area contributed by atoms with Crippen molar-refractivity contribution in [2.75, 3.05) is 4.90 Å². The molecule has 40 heavy (non-hydrogen) atoms. The van der Waals surface area contributed by atoms with Gasteiger partial charge in [0.25, 0.3) is 5.91 Å². The summed E-state index contributed by atoms with van der Waals surface area (Å²) in [7, 11) is 0. The predicted molar refractivity (Wildman–Crippen MR) is 161 cm³/mol. The second-order valence-corrected chi connectivity index (χ2v) is 9.95. The van der Waals surface area contributed by atoms with Crippen LogP contribution >= 0.6 is 0 Å². The minimum absolute atomic E-state index is 0.0297. The molecular formula is C33H38N4O3. The van der Waals surface area contributed by atoms with E-state index in [4.69, 9.17) is 10.3 Å². The van der Waals surface area contributed by atoms with E-state index in [1.807, 2.05) is 83.8 Å². The second kappa shape index (κ2) is 13.6. The van der Waals surface area contributed by atoms with Crippen LogP contribution in [0, 0.1) is 0 Å². The molecule has 1 aromatic heterocycles. The highest BCUT2D eigenvalue weighted by atomic mass is 16.5. The van der Waals surface area contributed by atoms with Gasteiger partial charge in [-0.15, -0.1) is 0 Å². The zero-order valence-corrected chi connectivity index (χ0v) is 23.5. The Hall–Kier alpha value is -4.39. The zero-order valence-electron chi connectivity index (χ0n) is 23.5. The maximum Gasteiger partial charge on any atom is 0.439 e. The molecule has 0 saturated carbocycles. The summed E-state index contributed by atoms with van der Waals surface area (Å²) in [5.41, 5.74) is 12.5. The first-order valence-electron chi connectivity index (χ1n) is 14.1. The molecule has 0 saturated heterocycles. The highest BCUT2D eigenvalue weighted by molar-refractivity contribution is 6.06. The number of carbonyl (C=O) groups excluding carboxylic acids is 1. The Bertz CT molecular complexity index is 1480. The molecule has 7 nitrogen and oxygen atoms in total. The van der Waals surface area contributed by atoms with Crippen LogP contribution in [0.15, 0.2) is 99.5 Å². The lowest BCUT2D eigenvalue weighted by Gasteiger charge is -2.32. The van der Waals surface area contributed by atoms with Crippen molar-refractivity contribution in [3.63, 3.8) is 0 Å². The third-order valence-corrected chi connectivity index (χ3v) is 7.27. The van der Waals surface area contributed by atoms with Gasteiger partial charge in [0.15, 0.2) is 5.82 Å². The molecule has 3 aromatic carbocycles. The van der Waals surface area contributed by atoms with Crippen molar-refractivity contribution in [1.29, 1.82) is 0 Å². The molecule has 0 unspecified atom stereocenters. The predicted octanol–water partition coefficient (Wildman–Crippen LogP) is 6.86. The van der Waals surface area contributed by atoms with Crippen LogP contribution in [-0.4, -0.2) is 22.1 Å². The molecular weight excluding hydrogens is 500 g/mol. The van der Waals surface area contributed by atoms with Crippen LogP contribution in [-0.2, 0) is 11.2 Å². The number of H-pyrrole nitrogens is 1. The average Bonchev–Trinajstić information content (AvgIpc) is 3.43. The minimum atomic E-state index is -0.595. The monoisotopic (exact) mass is 538 g/mol. The fraction of sp³-hybridized carbons (Fsp3) is 0.303. The molecule has 0 atom stereocenters. The van der Waals surface area contributed by atoms with E-state index in [-0.39, 0.29) is 11.9 Å². The van der Waals surface area contributed by atoms with Gasteiger partial charge in [0, 0.05) is 35.0 Å². The first kappa shape index (κ1) is 28.6. The molecule has 3 N–H and O–H groups in total. The van der Waals surface area contributed by atoms with E-state index >= 15 is 0 Å². The number of para-hydroxylation sites is 1. The highest BCUT2D eigenvalue weighted by Crippen LogP contribution is 2.31. The van der Waals surface area contributed by atoms with Crippen LogP contribution in [0.5, 0.6) is 0 Å². The van der Waals surface area contributed by atoms with E-state index < -0.39 is 5.76 Å². The first-order valence-corrected chi connectivity index (χ1v) is 14.1. The van der Waals surface area contributed by atoms with Crippen LogP contribution < -0.4 is 16.4 Å². The van der Waals surface area contributed by atoms with Gasteiger partial charge in [0.05, 0.1) is 0 Å². The van der Waals surface area contributed by atoms with E-state index in [1.54, 1.807) is 0 Å². The van der Waals surface area contributed by atoms with E-state index in [9.17, 15) is 9.59 Å². The Balaban J connectivity index is 1.68. The highest BCUT2D eigenvalue weighted by Gasteiger charge is 2.27. The van der Waals surface area contributed by atoms with Crippen molar-refractivity contribution < 1.29 is 9.32 Å². The van der Waals surface area contributed by atoms with Crippen molar-refractivity contribution >= 4 is 11.6 Å². The lowest BCUT2D eigenvalue weighted by Crippen LogP contribution is -2.42. The molecule has 0 radical (unpaired) electrons. The first-order chi connectivity index (χ1) is 19.5. The van der Waals surface area contributed by atoms with Gasteiger partial charge in [-0.05, 0) is 54.5 Å². The molecule has 0 aliphatic carbocycles. The molecule has 0 fully saturated rings. The van der Waals surface area contributed by atoms with Gasteiger partial charge < -0.3 is 10.6 Å². The summed E-state index contributed by atoms with van der Waals surface area (Å²) in [6, 6.07) is 25.7. The minimum Gasteiger partial charge on any atom is -0.402 e. The number of hydrogen-bond acceptors (Lipinski definition) is 5. The summed E-state index contributed by atoms with van der Waals surface area (Å²) in [5, 5.41) is 3.86. The number of nitrogens with one attached hydrogen (secondary N) is 1. The number of aromatic amines is 1. The van der Waals surface area contributed by atoms with Gasteiger partial charge in [0.1, 0.15) is 0 Å². The molecule has 7 heteroatoms. The number of benzene rings is 3. The Kier molecular flexibility index (Phi) is 9.73. The number of amides is 1. The number of anilines is 1. The molecule has 1 heterocycles. The topological polar surface area (TPSA) is 105 Å². The average molecular weight is 539 g/mol. The SMILES string of the molecule is CCCC/C(N)=C(\Cc1ccc(-c2ccccc2-c2noc(=O)[nH]2)cc1)C(=O)N(c1ccccc1)C(CC)CC. The summed E-state index contributed by atoms with van der Waals surface area (Å²) < 4.78 is 4.72. The van der Waals surface area contributed by atoms with Crippen LogP contribution in [0.2, 0.25) is 0 Å². The third kappa shape index (κ3) is 6.60. The molecule has 1 amide bonds. The van der Waals surface area contributed by atoms with Gasteiger partial charge in [-0.25, -0.2) is 4.79 Å². The number of aromatic nitrogens is 2. The Morgan fingerprint density at radius 3 is 2.17 bits per heavy atom. The maximum absolute atomic E-state index is 14.2. The van der Waals surface area contributed by atoms with Gasteiger partial charge >= 0.3 is 5.76 Å². The molecule has 0 bridgehead atoms. The van der Waals surface area contributed by atoms with Crippen LogP contribution in [0.4, 0.5) is 5.69 Å². The number of hydrogen-bond donors (Lipinski definition) is 2. The molecule has 4 aromatic rings. The smallest absolute Gasteiger partial charge is 0.402 e. The number of rotatable bonds is 12. The fourth-order valence-electron chi connectivity index (χ4n) is 5.02. The van der Waals surface area contributed by atoms with Crippen LogP contribution in [0.3, 0.4) is 0 Å². The third-order valence-electron chi connectivity index (χ3n) is 7.27. The molecule has 4 rings (SSSR count). The van der Waals surface area contributed by atoms with Gasteiger partial charge in [-0.1, -0.05) is 99.1 Å². The van der Waals surface area contributed by atoms with Gasteiger partial charge in [-0.3, -0.25) is 14.3 Å². The standard InChI is InChI=1S/C33H38N4O3/c1-4-7-17-30(34)29(32(38)37(25(5-2)6-3)26-13-9-8-10-14-26)22-23-18-20-24(21-19-23)27-15-11-12-16-28(27)31-35-33(39)40-36-31/h8-16,18-21,25H,4-7,17,22,34H2,1-3H3,(H,35,36,39)/b30-29-. The molecule has 208 valence electrons. The van der Waals surface area contributed by atoms with Crippen molar-refractivity contribution in [1.82, 2.24) is 10.1 Å². The number of unbranched alkanes of at least 4 members (excludes halogenated alkanes) is 1. The van der Waals surface area contributed by atoms with E-state index in [2.05, 4.69) is 30.9 Å². The summed E-state index contributed by atoms with van der Waals surface area (Å²) in [6.45, 7) is 6.36. The van der Waals surface area contributed by atoms with Gasteiger partial charge in [0.2, 0.25) is 0 Å². The molecule has 0 aliphatic heterocycles. The summed E-state index contributed by atoms with van der Waals surface area (Å²) >= 11 is 0. The summed E-state index contributed by atoms with van der Waals surface area (Å²) in [4.78, 5) is 30.3. The summed E-state index contributed by atoms with van der Waals surface area (Å²) in [6.07, 6.45) is 4.76. The van der Waals surface area contributed by atoms with Crippen molar-refractivity contribution in [3.8, 4) is 22.5 Å². The number of carbonyl (C=O) groups is 1. The molecule has 0 spiro atoms. The Morgan fingerprint density at radius 2 is 1.57 bits per heavy atom. The maximum atomic E-state index is 14.2. The number of allylic oxidation sites excluding steroid dienone is 1. The van der Waals surface area contributed by atoms with Crippen LogP contribution in [0.1, 0.15) is 58.4 Å². The quantitative estimate of drug-likeness (QED) is 0.192. The summed E-state index contributed by atoms with van der Waals surface area (Å²) in [5.74, 6) is -0.243. The number of nitrogens with two attached hydrogens (primary N) is 1. The van der Waals surface area contributed by atoms with E-state index in [0.717, 1.165) is 53.6 Å². The Morgan fingerprint density at radius 1 is 0.925 bits per heavy atom. The zero-order chi connectivity index (χ0) is 28.5. The van der Waals surface area contributed by atoms with E-state index in [0.29, 0.717) is 29.9 Å². The van der Waals surface area contributed by atoms with E-state index in [1.165, 1.54) is 0 Å². The second-order valence-electron chi connectivity index (χ2n) is 9.95. The largest absolute Gasteiger partial charge is 0.439 e. The number of nitrogens with zero attached hydrogens (tertiary/aromatic N) is 2. The normalized spacial score (nSPS) is 11.9. The van der Waals surface area contributed by atoms with Crippen molar-refractivity contribution in [2.24, 2.45) is 5.73 Å². The fourth-order valence-corrected chi connectivity index (χ4v) is 5.02. The van der Waals surface area contributed by atoms with Crippen molar-refractivity contribution in [3.05, 3.63) is 106 Å². The lowest BCUT2D eigenvalue weighted by molar-refractivity contribution is -0.115. The van der Waals surface area contributed by atoms with Crippen LogP contribution in [0.25, 0.3) is 22.5 Å².